The predicted molar refractivity (Wildman–Crippen MR) is 26.4 cm³/mol. The van der Waals surface area contributed by atoms with E-state index in [0.717, 1.165) is 0 Å². The van der Waals surface area contributed by atoms with Gasteiger partial charge >= 0.3 is 21.5 Å². The third-order valence-corrected chi connectivity index (χ3v) is 1.97. The molecule has 0 spiro atoms. The van der Waals surface area contributed by atoms with Gasteiger partial charge in [0.05, 0.1) is 7.11 Å². The van der Waals surface area contributed by atoms with Crippen LogP contribution in [0.4, 0.5) is 22.0 Å². The number of hydrogen-bond acceptors (Lipinski definition) is 3. The van der Waals surface area contributed by atoms with Gasteiger partial charge in [0, 0.05) is 0 Å². The lowest BCUT2D eigenvalue weighted by molar-refractivity contribution is -0.243. The molecule has 0 aromatic heterocycles. The van der Waals surface area contributed by atoms with Crippen molar-refractivity contribution in [2.75, 3.05) is 0 Å². The summed E-state index contributed by atoms with van der Waals surface area (Å²) in [5.74, 6) is 0. The van der Waals surface area contributed by atoms with E-state index in [-0.39, 0.29) is 0 Å². The van der Waals surface area contributed by atoms with Crippen LogP contribution in [0.1, 0.15) is 0 Å². The zero-order chi connectivity index (χ0) is 10.2. The minimum absolute atomic E-state index is 1.97. The number of halogens is 5. The molecule has 0 N–H and O–H groups in total. The Morgan fingerprint density at radius 3 is 1.50 bits per heavy atom. The highest BCUT2D eigenvalue weighted by atomic mass is 32.2. The average molecular weight is 213 g/mol. The van der Waals surface area contributed by atoms with Crippen LogP contribution in [0.25, 0.3) is 0 Å². The maximum atomic E-state index is 11.8. The normalized spacial score (nSPS) is 14.8. The van der Waals surface area contributed by atoms with Crippen LogP contribution >= 0.6 is 0 Å². The maximum Gasteiger partial charge on any atom is 0.472 e. The first kappa shape index (κ1) is 11.6. The molecule has 0 amide bonds. The van der Waals surface area contributed by atoms with Crippen molar-refractivity contribution < 1.29 is 34.6 Å². The molecule has 0 rings (SSSR count). The molecule has 9 heteroatoms. The van der Waals surface area contributed by atoms with Crippen LogP contribution < -0.4 is 0 Å². The summed E-state index contributed by atoms with van der Waals surface area (Å²) in [6.45, 7) is 0. The molecule has 0 saturated carbocycles. The molecule has 0 bridgehead atoms. The first-order valence-electron chi connectivity index (χ1n) is 2.19. The van der Waals surface area contributed by atoms with Gasteiger partial charge in [-0.2, -0.15) is 30.4 Å². The van der Waals surface area contributed by atoms with Crippen LogP contribution in [-0.4, -0.2) is 19.8 Å². The topological polar surface area (TPSA) is 43.4 Å². The van der Waals surface area contributed by atoms with Crippen LogP contribution in [0, 0.1) is 7.11 Å². The van der Waals surface area contributed by atoms with Crippen molar-refractivity contribution in [1.82, 2.24) is 0 Å². The highest BCUT2D eigenvalue weighted by molar-refractivity contribution is 7.87. The van der Waals surface area contributed by atoms with E-state index in [1.165, 1.54) is 0 Å². The van der Waals surface area contributed by atoms with Gasteiger partial charge < -0.3 is 0 Å². The van der Waals surface area contributed by atoms with Crippen molar-refractivity contribution >= 4 is 10.1 Å². The molecule has 0 unspecified atom stereocenters. The predicted octanol–water partition coefficient (Wildman–Crippen LogP) is 1.28. The Hall–Kier alpha value is -0.440. The molecule has 0 saturated heterocycles. The van der Waals surface area contributed by atoms with E-state index in [0.29, 0.717) is 0 Å². The summed E-state index contributed by atoms with van der Waals surface area (Å²) in [6, 6.07) is 0. The standard InChI is InChI=1S/C3H2F5O3S/c1-11-12(9,10)3(7,8)2(4,5)6/h1H2. The second-order valence-corrected chi connectivity index (χ2v) is 3.24. The number of hydrogen-bond donors (Lipinski definition) is 0. The molecule has 0 aliphatic heterocycles. The Morgan fingerprint density at radius 1 is 1.08 bits per heavy atom. The minimum Gasteiger partial charge on any atom is -0.263 e. The summed E-state index contributed by atoms with van der Waals surface area (Å²) in [7, 11) is -4.06. The Kier molecular flexibility index (Phi) is 2.70. The van der Waals surface area contributed by atoms with Gasteiger partial charge in [0.15, 0.2) is 0 Å². The summed E-state index contributed by atoms with van der Waals surface area (Å²) in [5.41, 5.74) is 0. The Balaban J connectivity index is 5.14. The molecule has 0 aromatic carbocycles. The molecular formula is C3H2F5O3S. The average Bonchev–Trinajstić information content (AvgIpc) is 1.85. The molecule has 12 heavy (non-hydrogen) atoms. The highest BCUT2D eigenvalue weighted by Gasteiger charge is 2.68. The van der Waals surface area contributed by atoms with Gasteiger partial charge in [0.1, 0.15) is 0 Å². The molecule has 1 radical (unpaired) electrons. The molecular weight excluding hydrogens is 211 g/mol. The van der Waals surface area contributed by atoms with E-state index < -0.39 is 21.5 Å². The summed E-state index contributed by atoms with van der Waals surface area (Å²) in [5, 5.41) is -5.93. The van der Waals surface area contributed by atoms with E-state index in [1.54, 1.807) is 0 Å². The lowest BCUT2D eigenvalue weighted by Gasteiger charge is -2.17. The fourth-order valence-electron chi connectivity index (χ4n) is 0.216. The zero-order valence-electron chi connectivity index (χ0n) is 5.23. The minimum atomic E-state index is -6.20. The molecule has 0 aliphatic rings. The summed E-state index contributed by atoms with van der Waals surface area (Å²) >= 11 is 0. The summed E-state index contributed by atoms with van der Waals surface area (Å²) in [6.07, 6.45) is -6.20. The monoisotopic (exact) mass is 213 g/mol. The van der Waals surface area contributed by atoms with Gasteiger partial charge in [-0.3, -0.25) is 4.18 Å². The van der Waals surface area contributed by atoms with Crippen molar-refractivity contribution in [3.63, 3.8) is 0 Å². The fraction of sp³-hybridized carbons (Fsp3) is 0.667. The SMILES string of the molecule is [CH2]OS(=O)(=O)C(F)(F)C(F)(F)F. The van der Waals surface area contributed by atoms with E-state index in [4.69, 9.17) is 0 Å². The second kappa shape index (κ2) is 2.80. The first-order valence-corrected chi connectivity index (χ1v) is 3.60. The van der Waals surface area contributed by atoms with Gasteiger partial charge in [-0.05, 0) is 0 Å². The smallest absolute Gasteiger partial charge is 0.263 e. The number of rotatable bonds is 2. The summed E-state index contributed by atoms with van der Waals surface area (Å²) < 4.78 is 80.1. The lowest BCUT2D eigenvalue weighted by atomic mass is 10.7. The maximum absolute atomic E-state index is 11.8. The van der Waals surface area contributed by atoms with Gasteiger partial charge in [-0.25, -0.2) is 0 Å². The van der Waals surface area contributed by atoms with E-state index in [2.05, 4.69) is 4.18 Å². The third-order valence-electron chi connectivity index (χ3n) is 0.799. The molecule has 0 aromatic rings. The molecule has 3 nitrogen and oxygen atoms in total. The van der Waals surface area contributed by atoms with Crippen molar-refractivity contribution in [2.45, 2.75) is 11.4 Å². The Morgan fingerprint density at radius 2 is 1.42 bits per heavy atom. The molecule has 0 atom stereocenters. The van der Waals surface area contributed by atoms with Crippen molar-refractivity contribution in [1.29, 1.82) is 0 Å². The first-order chi connectivity index (χ1) is 5.06. The van der Waals surface area contributed by atoms with Crippen LogP contribution in [0.15, 0.2) is 0 Å². The van der Waals surface area contributed by atoms with Crippen LogP contribution in [0.2, 0.25) is 0 Å². The van der Waals surface area contributed by atoms with Gasteiger partial charge in [0.25, 0.3) is 0 Å². The third kappa shape index (κ3) is 1.66. The van der Waals surface area contributed by atoms with Crippen molar-refractivity contribution in [3.05, 3.63) is 7.11 Å². The van der Waals surface area contributed by atoms with Gasteiger partial charge in [0.2, 0.25) is 0 Å². The van der Waals surface area contributed by atoms with E-state index >= 15 is 0 Å². The molecule has 0 fully saturated rings. The van der Waals surface area contributed by atoms with Crippen LogP contribution in [0.5, 0.6) is 0 Å². The van der Waals surface area contributed by atoms with Crippen LogP contribution in [0.3, 0.4) is 0 Å². The number of alkyl halides is 5. The molecule has 0 aliphatic carbocycles. The van der Waals surface area contributed by atoms with E-state index in [1.807, 2.05) is 7.11 Å². The van der Waals surface area contributed by atoms with Gasteiger partial charge in [-0.15, -0.1) is 0 Å². The Labute approximate surface area is 64.2 Å². The second-order valence-electron chi connectivity index (χ2n) is 1.59. The Bertz CT molecular complexity index is 252. The molecule has 0 heterocycles. The lowest BCUT2D eigenvalue weighted by Crippen LogP contribution is -2.44. The fourth-order valence-corrected chi connectivity index (χ4v) is 0.647. The summed E-state index contributed by atoms with van der Waals surface area (Å²) in [4.78, 5) is 0. The largest absolute Gasteiger partial charge is 0.472 e. The van der Waals surface area contributed by atoms with Crippen molar-refractivity contribution in [3.8, 4) is 0 Å². The molecule has 73 valence electrons. The van der Waals surface area contributed by atoms with Crippen LogP contribution in [-0.2, 0) is 14.3 Å². The van der Waals surface area contributed by atoms with Gasteiger partial charge in [-0.1, -0.05) is 0 Å². The quantitative estimate of drug-likeness (QED) is 0.512. The van der Waals surface area contributed by atoms with E-state index in [9.17, 15) is 30.4 Å². The zero-order valence-corrected chi connectivity index (χ0v) is 6.05. The van der Waals surface area contributed by atoms with Crippen molar-refractivity contribution in [2.24, 2.45) is 0 Å². The highest BCUT2D eigenvalue weighted by Crippen LogP contribution is 2.40.